The quantitative estimate of drug-likeness (QED) is 0.724. The second kappa shape index (κ2) is 4.93. The van der Waals surface area contributed by atoms with Crippen LogP contribution >= 0.6 is 12.4 Å². The van der Waals surface area contributed by atoms with Gasteiger partial charge in [0, 0.05) is 29.4 Å². The van der Waals surface area contributed by atoms with E-state index in [1.54, 1.807) is 18.5 Å². The van der Waals surface area contributed by atoms with Gasteiger partial charge >= 0.3 is 0 Å². The molecule has 0 atom stereocenters. The minimum atomic E-state index is -0.153. The third-order valence-electron chi connectivity index (χ3n) is 2.45. The molecule has 0 saturated carbocycles. The smallest absolute Gasteiger partial charge is 0.249 e. The van der Waals surface area contributed by atoms with Gasteiger partial charge in [-0.3, -0.25) is 4.79 Å². The summed E-state index contributed by atoms with van der Waals surface area (Å²) in [6, 6.07) is 6.97. The maximum atomic E-state index is 11.1. The van der Waals surface area contributed by atoms with Crippen LogP contribution in [-0.4, -0.2) is 19.9 Å². The number of aromatic nitrogens is 4. The summed E-state index contributed by atoms with van der Waals surface area (Å²) in [5.41, 5.74) is 2.13. The van der Waals surface area contributed by atoms with Crippen LogP contribution in [0.4, 0.5) is 0 Å². The lowest BCUT2D eigenvalue weighted by Crippen LogP contribution is -2.03. The predicted molar refractivity (Wildman–Crippen MR) is 70.6 cm³/mol. The summed E-state index contributed by atoms with van der Waals surface area (Å²) in [5, 5.41) is 0.876. The van der Waals surface area contributed by atoms with Crippen molar-refractivity contribution in [1.29, 1.82) is 0 Å². The summed E-state index contributed by atoms with van der Waals surface area (Å²) in [7, 11) is 0. The average molecular weight is 261 g/mol. The third kappa shape index (κ3) is 2.21. The fraction of sp³-hybridized carbons (Fsp3) is 0. The topological polar surface area (TPSA) is 71.5 Å². The van der Waals surface area contributed by atoms with Crippen LogP contribution in [-0.2, 0) is 0 Å². The molecule has 5 nitrogen and oxygen atoms in total. The van der Waals surface area contributed by atoms with E-state index in [1.807, 2.05) is 12.1 Å². The second-order valence-electron chi connectivity index (χ2n) is 3.58. The molecule has 0 aliphatic heterocycles. The van der Waals surface area contributed by atoms with Gasteiger partial charge in [0.05, 0.1) is 5.69 Å². The zero-order chi connectivity index (χ0) is 11.7. The molecular weight excluding hydrogens is 252 g/mol. The van der Waals surface area contributed by atoms with Crippen molar-refractivity contribution in [2.24, 2.45) is 0 Å². The van der Waals surface area contributed by atoms with Gasteiger partial charge in [-0.2, -0.15) is 0 Å². The largest absolute Gasteiger partial charge is 0.307 e. The predicted octanol–water partition coefficient (Wildman–Crippen LogP) is 1.80. The minimum absolute atomic E-state index is 0. The van der Waals surface area contributed by atoms with Crippen molar-refractivity contribution in [3.8, 4) is 11.3 Å². The van der Waals surface area contributed by atoms with E-state index in [0.717, 1.165) is 16.6 Å². The Morgan fingerprint density at radius 1 is 1.11 bits per heavy atom. The highest BCUT2D eigenvalue weighted by Crippen LogP contribution is 2.18. The molecule has 0 aliphatic rings. The molecule has 3 rings (SSSR count). The van der Waals surface area contributed by atoms with Crippen LogP contribution in [0.5, 0.6) is 0 Å². The van der Waals surface area contributed by atoms with E-state index in [0.29, 0.717) is 5.65 Å². The Balaban J connectivity index is 0.00000120. The number of pyridine rings is 2. The van der Waals surface area contributed by atoms with Crippen molar-refractivity contribution in [3.05, 3.63) is 53.3 Å². The molecule has 0 aromatic carbocycles. The van der Waals surface area contributed by atoms with Gasteiger partial charge in [-0.1, -0.05) is 0 Å². The van der Waals surface area contributed by atoms with Gasteiger partial charge < -0.3 is 4.98 Å². The zero-order valence-electron chi connectivity index (χ0n) is 9.20. The number of nitrogens with one attached hydrogen (secondary N) is 1. The molecule has 0 saturated heterocycles. The van der Waals surface area contributed by atoms with Crippen molar-refractivity contribution >= 4 is 23.4 Å². The Hall–Kier alpha value is -2.27. The van der Waals surface area contributed by atoms with Crippen LogP contribution in [0.15, 0.2) is 47.8 Å². The lowest BCUT2D eigenvalue weighted by molar-refractivity contribution is 1.16. The first-order valence-corrected chi connectivity index (χ1v) is 5.08. The van der Waals surface area contributed by atoms with Gasteiger partial charge in [-0.15, -0.1) is 12.4 Å². The Morgan fingerprint density at radius 3 is 2.78 bits per heavy atom. The summed E-state index contributed by atoms with van der Waals surface area (Å²) in [4.78, 5) is 26.0. The molecule has 90 valence electrons. The Morgan fingerprint density at radius 2 is 2.00 bits per heavy atom. The van der Waals surface area contributed by atoms with Gasteiger partial charge in [0.2, 0.25) is 5.56 Å². The number of rotatable bonds is 1. The molecule has 6 heteroatoms. The standard InChI is InChI=1S/C12H8N4O.ClH/c17-11-2-1-8-5-9(6-14-12(8)16-11)10-3-4-13-7-15-10;/h1-7H,(H,14,16,17);1H. The highest BCUT2D eigenvalue weighted by molar-refractivity contribution is 5.85. The van der Waals surface area contributed by atoms with Crippen LogP contribution in [0.2, 0.25) is 0 Å². The van der Waals surface area contributed by atoms with Crippen LogP contribution in [0.1, 0.15) is 0 Å². The first-order chi connectivity index (χ1) is 8.33. The van der Waals surface area contributed by atoms with Gasteiger partial charge in [0.25, 0.3) is 0 Å². The van der Waals surface area contributed by atoms with E-state index in [9.17, 15) is 4.79 Å². The maximum Gasteiger partial charge on any atom is 0.249 e. The van der Waals surface area contributed by atoms with E-state index in [1.165, 1.54) is 12.4 Å². The fourth-order valence-corrected chi connectivity index (χ4v) is 1.64. The van der Waals surface area contributed by atoms with E-state index in [-0.39, 0.29) is 18.0 Å². The number of H-pyrrole nitrogens is 1. The van der Waals surface area contributed by atoms with Crippen molar-refractivity contribution in [2.45, 2.75) is 0 Å². The lowest BCUT2D eigenvalue weighted by atomic mass is 10.1. The summed E-state index contributed by atoms with van der Waals surface area (Å²) in [6.07, 6.45) is 4.85. The monoisotopic (exact) mass is 260 g/mol. The van der Waals surface area contributed by atoms with E-state index in [2.05, 4.69) is 19.9 Å². The normalized spacial score (nSPS) is 10.0. The average Bonchev–Trinajstić information content (AvgIpc) is 2.39. The van der Waals surface area contributed by atoms with E-state index in [4.69, 9.17) is 0 Å². The van der Waals surface area contributed by atoms with Crippen LogP contribution in [0.3, 0.4) is 0 Å². The molecule has 0 fully saturated rings. The van der Waals surface area contributed by atoms with Gasteiger partial charge in [0.1, 0.15) is 12.0 Å². The Bertz CT molecular complexity index is 727. The van der Waals surface area contributed by atoms with Crippen LogP contribution < -0.4 is 5.56 Å². The summed E-state index contributed by atoms with van der Waals surface area (Å²) in [6.45, 7) is 0. The summed E-state index contributed by atoms with van der Waals surface area (Å²) >= 11 is 0. The number of aromatic amines is 1. The molecule has 0 spiro atoms. The Labute approximate surface area is 108 Å². The molecule has 3 aromatic rings. The maximum absolute atomic E-state index is 11.1. The molecule has 0 aliphatic carbocycles. The van der Waals surface area contributed by atoms with Gasteiger partial charge in [0.15, 0.2) is 0 Å². The number of hydrogen-bond donors (Lipinski definition) is 1. The fourth-order valence-electron chi connectivity index (χ4n) is 1.64. The highest BCUT2D eigenvalue weighted by Gasteiger charge is 2.01. The van der Waals surface area contributed by atoms with Crippen molar-refractivity contribution in [3.63, 3.8) is 0 Å². The molecule has 1 N–H and O–H groups in total. The van der Waals surface area contributed by atoms with Gasteiger partial charge in [-0.25, -0.2) is 15.0 Å². The first-order valence-electron chi connectivity index (χ1n) is 5.08. The molecule has 3 aromatic heterocycles. The SMILES string of the molecule is Cl.O=c1ccc2cc(-c3ccncn3)cnc2[nH]1. The molecule has 0 radical (unpaired) electrons. The number of nitrogens with zero attached hydrogens (tertiary/aromatic N) is 3. The zero-order valence-corrected chi connectivity index (χ0v) is 10.0. The second-order valence-corrected chi connectivity index (χ2v) is 3.58. The number of halogens is 1. The number of hydrogen-bond acceptors (Lipinski definition) is 4. The molecule has 0 amide bonds. The van der Waals surface area contributed by atoms with Crippen LogP contribution in [0.25, 0.3) is 22.3 Å². The summed E-state index contributed by atoms with van der Waals surface area (Å²) < 4.78 is 0. The third-order valence-corrected chi connectivity index (χ3v) is 2.45. The molecule has 3 heterocycles. The van der Waals surface area contributed by atoms with E-state index < -0.39 is 0 Å². The molecule has 18 heavy (non-hydrogen) atoms. The molecule has 0 unspecified atom stereocenters. The highest BCUT2D eigenvalue weighted by atomic mass is 35.5. The summed E-state index contributed by atoms with van der Waals surface area (Å²) in [5.74, 6) is 0. The number of fused-ring (bicyclic) bond motifs is 1. The first kappa shape index (κ1) is 12.2. The van der Waals surface area contributed by atoms with Crippen molar-refractivity contribution in [1.82, 2.24) is 19.9 Å². The Kier molecular flexibility index (Phi) is 3.34. The van der Waals surface area contributed by atoms with Crippen molar-refractivity contribution < 1.29 is 0 Å². The molecule has 0 bridgehead atoms. The van der Waals surface area contributed by atoms with Crippen LogP contribution in [0, 0.1) is 0 Å². The minimum Gasteiger partial charge on any atom is -0.307 e. The van der Waals surface area contributed by atoms with E-state index >= 15 is 0 Å². The van der Waals surface area contributed by atoms with Gasteiger partial charge in [-0.05, 0) is 18.2 Å². The lowest BCUT2D eigenvalue weighted by Gasteiger charge is -2.01. The van der Waals surface area contributed by atoms with Crippen molar-refractivity contribution in [2.75, 3.05) is 0 Å². The molecular formula is C12H9ClN4O.